The maximum Gasteiger partial charge on any atom is 0.252 e. The molecular formula is C15H22N2O2S. The van der Waals surface area contributed by atoms with Crippen LogP contribution in [0, 0.1) is 17.8 Å². The summed E-state index contributed by atoms with van der Waals surface area (Å²) in [5, 5.41) is 4.63. The van der Waals surface area contributed by atoms with E-state index in [1.165, 1.54) is 11.3 Å². The van der Waals surface area contributed by atoms with E-state index >= 15 is 0 Å². The molecule has 0 spiro atoms. The molecule has 1 heterocycles. The zero-order valence-corrected chi connectivity index (χ0v) is 12.9. The summed E-state index contributed by atoms with van der Waals surface area (Å²) in [6.45, 7) is 6.46. The fourth-order valence-corrected chi connectivity index (χ4v) is 2.17. The average molecular weight is 294 g/mol. The highest BCUT2D eigenvalue weighted by Crippen LogP contribution is 2.13. The largest absolute Gasteiger partial charge is 0.380 e. The first kappa shape index (κ1) is 16.7. The summed E-state index contributed by atoms with van der Waals surface area (Å²) >= 11 is 1.45. The van der Waals surface area contributed by atoms with Gasteiger partial charge in [-0.05, 0) is 18.4 Å². The standard InChI is InChI=1S/C15H22N2O2S/c1-12(2)5-8-19-9-7-17-15(18)13-10-14(20-11-13)4-3-6-16/h10-12H,5-9,16H2,1-2H3,(H,17,18). The summed E-state index contributed by atoms with van der Waals surface area (Å²) in [4.78, 5) is 12.7. The normalized spacial score (nSPS) is 10.2. The molecule has 110 valence electrons. The Morgan fingerprint density at radius 1 is 1.50 bits per heavy atom. The lowest BCUT2D eigenvalue weighted by molar-refractivity contribution is 0.0906. The Morgan fingerprint density at radius 2 is 2.30 bits per heavy atom. The van der Waals surface area contributed by atoms with Crippen LogP contribution in [0.25, 0.3) is 0 Å². The van der Waals surface area contributed by atoms with Gasteiger partial charge in [0.15, 0.2) is 0 Å². The molecular weight excluding hydrogens is 272 g/mol. The molecule has 0 atom stereocenters. The first-order valence-corrected chi connectivity index (χ1v) is 7.65. The molecule has 0 fully saturated rings. The zero-order chi connectivity index (χ0) is 14.8. The lowest BCUT2D eigenvalue weighted by atomic mass is 10.1. The Bertz CT molecular complexity index is 472. The minimum atomic E-state index is -0.0884. The second kappa shape index (κ2) is 9.54. The zero-order valence-electron chi connectivity index (χ0n) is 12.1. The summed E-state index contributed by atoms with van der Waals surface area (Å²) in [5.41, 5.74) is 5.94. The van der Waals surface area contributed by atoms with Crippen LogP contribution in [-0.2, 0) is 4.74 Å². The van der Waals surface area contributed by atoms with E-state index in [0.29, 0.717) is 31.2 Å². The molecule has 5 heteroatoms. The number of rotatable bonds is 7. The summed E-state index contributed by atoms with van der Waals surface area (Å²) in [6, 6.07) is 1.78. The van der Waals surface area contributed by atoms with Crippen molar-refractivity contribution in [3.05, 3.63) is 21.9 Å². The van der Waals surface area contributed by atoms with Crippen molar-refractivity contribution in [3.8, 4) is 11.8 Å². The average Bonchev–Trinajstić information content (AvgIpc) is 2.88. The number of carbonyl (C=O) groups excluding carboxylic acids is 1. The fraction of sp³-hybridized carbons (Fsp3) is 0.533. The molecule has 0 aliphatic heterocycles. The number of thiophene rings is 1. The second-order valence-corrected chi connectivity index (χ2v) is 5.67. The number of carbonyl (C=O) groups is 1. The van der Waals surface area contributed by atoms with Gasteiger partial charge >= 0.3 is 0 Å². The molecule has 0 unspecified atom stereocenters. The number of ether oxygens (including phenoxy) is 1. The molecule has 0 aliphatic carbocycles. The van der Waals surface area contributed by atoms with Crippen LogP contribution < -0.4 is 11.1 Å². The summed E-state index contributed by atoms with van der Waals surface area (Å²) < 4.78 is 5.44. The Hall–Kier alpha value is -1.35. The van der Waals surface area contributed by atoms with E-state index in [-0.39, 0.29) is 5.91 Å². The Balaban J connectivity index is 2.24. The van der Waals surface area contributed by atoms with Crippen molar-refractivity contribution in [2.75, 3.05) is 26.3 Å². The third-order valence-electron chi connectivity index (χ3n) is 2.55. The van der Waals surface area contributed by atoms with E-state index in [4.69, 9.17) is 10.5 Å². The van der Waals surface area contributed by atoms with Gasteiger partial charge in [0.05, 0.1) is 23.6 Å². The molecule has 3 N–H and O–H groups in total. The predicted octanol–water partition coefficient (Wildman–Crippen LogP) is 1.85. The predicted molar refractivity (Wildman–Crippen MR) is 82.9 cm³/mol. The van der Waals surface area contributed by atoms with Crippen molar-refractivity contribution in [2.45, 2.75) is 20.3 Å². The van der Waals surface area contributed by atoms with Gasteiger partial charge in [0, 0.05) is 18.5 Å². The molecule has 0 aliphatic rings. The van der Waals surface area contributed by atoms with Gasteiger partial charge in [-0.2, -0.15) is 0 Å². The molecule has 0 aromatic carbocycles. The maximum absolute atomic E-state index is 11.8. The number of hydrogen-bond acceptors (Lipinski definition) is 4. The van der Waals surface area contributed by atoms with Crippen molar-refractivity contribution in [2.24, 2.45) is 11.7 Å². The van der Waals surface area contributed by atoms with Crippen molar-refractivity contribution in [1.29, 1.82) is 0 Å². The minimum absolute atomic E-state index is 0.0884. The summed E-state index contributed by atoms with van der Waals surface area (Å²) in [7, 11) is 0. The highest BCUT2D eigenvalue weighted by atomic mass is 32.1. The number of amides is 1. The van der Waals surface area contributed by atoms with Crippen LogP contribution in [0.2, 0.25) is 0 Å². The fourth-order valence-electron chi connectivity index (χ4n) is 1.42. The molecule has 4 nitrogen and oxygen atoms in total. The summed E-state index contributed by atoms with van der Waals surface area (Å²) in [6.07, 6.45) is 1.04. The monoisotopic (exact) mass is 294 g/mol. The van der Waals surface area contributed by atoms with Crippen LogP contribution in [0.4, 0.5) is 0 Å². The van der Waals surface area contributed by atoms with E-state index in [2.05, 4.69) is 31.0 Å². The quantitative estimate of drug-likeness (QED) is 0.596. The van der Waals surface area contributed by atoms with Gasteiger partial charge in [-0.3, -0.25) is 4.79 Å². The molecule has 0 radical (unpaired) electrons. The van der Waals surface area contributed by atoms with E-state index in [1.807, 2.05) is 0 Å². The third kappa shape index (κ3) is 6.71. The highest BCUT2D eigenvalue weighted by molar-refractivity contribution is 7.10. The van der Waals surface area contributed by atoms with E-state index in [9.17, 15) is 4.79 Å². The molecule has 0 bridgehead atoms. The number of nitrogens with one attached hydrogen (secondary N) is 1. The SMILES string of the molecule is CC(C)CCOCCNC(=O)c1csc(C#CCN)c1. The molecule has 0 saturated carbocycles. The second-order valence-electron chi connectivity index (χ2n) is 4.76. The van der Waals surface area contributed by atoms with E-state index in [0.717, 1.165) is 17.9 Å². The van der Waals surface area contributed by atoms with E-state index in [1.54, 1.807) is 11.4 Å². The van der Waals surface area contributed by atoms with Crippen LogP contribution in [-0.4, -0.2) is 32.2 Å². The summed E-state index contributed by atoms with van der Waals surface area (Å²) in [5.74, 6) is 6.24. The first-order chi connectivity index (χ1) is 9.63. The first-order valence-electron chi connectivity index (χ1n) is 6.77. The van der Waals surface area contributed by atoms with Gasteiger partial charge in [0.1, 0.15) is 0 Å². The molecule has 1 aromatic rings. The Kier molecular flexibility index (Phi) is 7.97. The molecule has 20 heavy (non-hydrogen) atoms. The lowest BCUT2D eigenvalue weighted by Crippen LogP contribution is -2.27. The number of nitrogens with two attached hydrogens (primary N) is 1. The molecule has 1 rings (SSSR count). The minimum Gasteiger partial charge on any atom is -0.380 e. The van der Waals surface area contributed by atoms with Crippen LogP contribution in [0.1, 0.15) is 35.5 Å². The molecule has 0 saturated heterocycles. The van der Waals surface area contributed by atoms with Gasteiger partial charge in [-0.1, -0.05) is 25.7 Å². The Labute approximate surface area is 124 Å². The van der Waals surface area contributed by atoms with Crippen molar-refractivity contribution >= 4 is 17.2 Å². The van der Waals surface area contributed by atoms with E-state index < -0.39 is 0 Å². The van der Waals surface area contributed by atoms with Crippen LogP contribution in [0.3, 0.4) is 0 Å². The Morgan fingerprint density at radius 3 is 3.00 bits per heavy atom. The van der Waals surface area contributed by atoms with Crippen molar-refractivity contribution < 1.29 is 9.53 Å². The maximum atomic E-state index is 11.8. The van der Waals surface area contributed by atoms with Crippen LogP contribution in [0.15, 0.2) is 11.4 Å². The van der Waals surface area contributed by atoms with Gasteiger partial charge in [0.2, 0.25) is 0 Å². The van der Waals surface area contributed by atoms with Gasteiger partial charge in [0.25, 0.3) is 5.91 Å². The lowest BCUT2D eigenvalue weighted by Gasteiger charge is -2.07. The highest BCUT2D eigenvalue weighted by Gasteiger charge is 2.07. The van der Waals surface area contributed by atoms with Gasteiger partial charge < -0.3 is 15.8 Å². The third-order valence-corrected chi connectivity index (χ3v) is 3.39. The molecule has 1 amide bonds. The number of hydrogen-bond donors (Lipinski definition) is 2. The smallest absolute Gasteiger partial charge is 0.252 e. The topological polar surface area (TPSA) is 64.3 Å². The van der Waals surface area contributed by atoms with Gasteiger partial charge in [-0.25, -0.2) is 0 Å². The molecule has 1 aromatic heterocycles. The van der Waals surface area contributed by atoms with Crippen LogP contribution >= 0.6 is 11.3 Å². The van der Waals surface area contributed by atoms with Crippen molar-refractivity contribution in [1.82, 2.24) is 5.32 Å². The van der Waals surface area contributed by atoms with Gasteiger partial charge in [-0.15, -0.1) is 11.3 Å². The van der Waals surface area contributed by atoms with Crippen LogP contribution in [0.5, 0.6) is 0 Å². The van der Waals surface area contributed by atoms with Crippen molar-refractivity contribution in [3.63, 3.8) is 0 Å².